The molecule has 7 heteroatoms. The molecule has 0 aliphatic rings. The monoisotopic (exact) mass is 331 g/mol. The van der Waals surface area contributed by atoms with Crippen molar-refractivity contribution in [1.29, 1.82) is 0 Å². The second kappa shape index (κ2) is 5.79. The predicted molar refractivity (Wildman–Crippen MR) is 79.4 cm³/mol. The van der Waals surface area contributed by atoms with Crippen LogP contribution in [0.25, 0.3) is 0 Å². The van der Waals surface area contributed by atoms with E-state index in [1.54, 1.807) is 6.07 Å². The van der Waals surface area contributed by atoms with Gasteiger partial charge in [-0.3, -0.25) is 0 Å². The highest BCUT2D eigenvalue weighted by molar-refractivity contribution is 6.35. The highest BCUT2D eigenvalue weighted by Crippen LogP contribution is 2.38. The van der Waals surface area contributed by atoms with Gasteiger partial charge in [-0.15, -0.1) is 0 Å². The number of carboxylic acids is 1. The van der Waals surface area contributed by atoms with Gasteiger partial charge >= 0.3 is 5.97 Å². The molecular formula is C13H8Cl3NO3. The molecule has 0 atom stereocenters. The van der Waals surface area contributed by atoms with E-state index in [2.05, 4.69) is 0 Å². The summed E-state index contributed by atoms with van der Waals surface area (Å²) in [6, 6.07) is 7.21. The number of carbonyl (C=O) groups is 1. The number of nitrogens with two attached hydrogens (primary N) is 1. The lowest BCUT2D eigenvalue weighted by Gasteiger charge is -2.12. The standard InChI is InChI=1S/C13H8Cl3NO3/c14-6-1-2-11(9(15)3-6)20-12-8(13(18)19)4-7(17)5-10(12)16/h1-5H,17H2,(H,18,19). The average Bonchev–Trinajstić information content (AvgIpc) is 2.34. The van der Waals surface area contributed by atoms with Crippen LogP contribution in [0.15, 0.2) is 30.3 Å². The van der Waals surface area contributed by atoms with Crippen LogP contribution in [0.5, 0.6) is 11.5 Å². The molecule has 3 N–H and O–H groups in total. The van der Waals surface area contributed by atoms with Gasteiger partial charge in [-0.05, 0) is 30.3 Å². The summed E-state index contributed by atoms with van der Waals surface area (Å²) in [5.74, 6) is -0.998. The molecule has 0 aliphatic carbocycles. The summed E-state index contributed by atoms with van der Waals surface area (Å²) in [7, 11) is 0. The molecule has 0 saturated carbocycles. The topological polar surface area (TPSA) is 72.5 Å². The third-order valence-corrected chi connectivity index (χ3v) is 3.21. The molecular weight excluding hydrogens is 325 g/mol. The average molecular weight is 333 g/mol. The number of aromatic carboxylic acids is 1. The van der Waals surface area contributed by atoms with Crippen LogP contribution in [-0.2, 0) is 0 Å². The summed E-state index contributed by atoms with van der Waals surface area (Å²) in [6.07, 6.45) is 0. The van der Waals surface area contributed by atoms with Gasteiger partial charge in [-0.25, -0.2) is 4.79 Å². The van der Waals surface area contributed by atoms with Crippen molar-refractivity contribution in [2.24, 2.45) is 0 Å². The summed E-state index contributed by atoms with van der Waals surface area (Å²) in [5, 5.41) is 9.91. The van der Waals surface area contributed by atoms with Crippen LogP contribution < -0.4 is 10.5 Å². The third-order valence-electron chi connectivity index (χ3n) is 2.40. The first-order chi connectivity index (χ1) is 9.38. The Morgan fingerprint density at radius 3 is 2.40 bits per heavy atom. The number of carboxylic acid groups (broad SMARTS) is 1. The molecule has 0 aromatic heterocycles. The maximum atomic E-state index is 11.2. The highest BCUT2D eigenvalue weighted by atomic mass is 35.5. The number of anilines is 1. The summed E-state index contributed by atoms with van der Waals surface area (Å²) in [5.41, 5.74) is 5.63. The van der Waals surface area contributed by atoms with E-state index in [0.29, 0.717) is 5.02 Å². The van der Waals surface area contributed by atoms with Crippen LogP contribution in [0.2, 0.25) is 15.1 Å². The molecule has 2 aromatic rings. The largest absolute Gasteiger partial charge is 0.478 e. The number of hydrogen-bond donors (Lipinski definition) is 2. The van der Waals surface area contributed by atoms with Crippen molar-refractivity contribution in [3.63, 3.8) is 0 Å². The molecule has 0 aliphatic heterocycles. The Morgan fingerprint density at radius 2 is 1.80 bits per heavy atom. The zero-order valence-corrected chi connectivity index (χ0v) is 12.1. The number of benzene rings is 2. The molecule has 4 nitrogen and oxygen atoms in total. The lowest BCUT2D eigenvalue weighted by Crippen LogP contribution is -2.02. The van der Waals surface area contributed by atoms with E-state index in [4.69, 9.17) is 50.4 Å². The fourth-order valence-electron chi connectivity index (χ4n) is 1.54. The van der Waals surface area contributed by atoms with Gasteiger partial charge in [0.1, 0.15) is 11.3 Å². The van der Waals surface area contributed by atoms with E-state index in [0.717, 1.165) is 0 Å². The van der Waals surface area contributed by atoms with Crippen molar-refractivity contribution in [1.82, 2.24) is 0 Å². The molecule has 0 radical (unpaired) electrons. The van der Waals surface area contributed by atoms with Gasteiger partial charge in [-0.1, -0.05) is 34.8 Å². The van der Waals surface area contributed by atoms with Gasteiger partial charge in [0.2, 0.25) is 0 Å². The quantitative estimate of drug-likeness (QED) is 0.798. The van der Waals surface area contributed by atoms with Crippen LogP contribution in [0, 0.1) is 0 Å². The molecule has 20 heavy (non-hydrogen) atoms. The minimum absolute atomic E-state index is 0.0300. The first-order valence-electron chi connectivity index (χ1n) is 5.33. The maximum absolute atomic E-state index is 11.2. The number of hydrogen-bond acceptors (Lipinski definition) is 3. The van der Waals surface area contributed by atoms with E-state index >= 15 is 0 Å². The highest BCUT2D eigenvalue weighted by Gasteiger charge is 2.18. The Kier molecular flexibility index (Phi) is 4.28. The molecule has 104 valence electrons. The fraction of sp³-hybridized carbons (Fsp3) is 0. The summed E-state index contributed by atoms with van der Waals surface area (Å²) in [4.78, 5) is 11.2. The van der Waals surface area contributed by atoms with E-state index < -0.39 is 5.97 Å². The first kappa shape index (κ1) is 14.8. The number of nitrogen functional groups attached to an aromatic ring is 1. The lowest BCUT2D eigenvalue weighted by atomic mass is 10.2. The predicted octanol–water partition coefficient (Wildman–Crippen LogP) is 4.72. The maximum Gasteiger partial charge on any atom is 0.339 e. The Balaban J connectivity index is 2.50. The van der Waals surface area contributed by atoms with Gasteiger partial charge < -0.3 is 15.6 Å². The minimum Gasteiger partial charge on any atom is -0.478 e. The molecule has 0 amide bonds. The smallest absolute Gasteiger partial charge is 0.339 e. The van der Waals surface area contributed by atoms with Crippen molar-refractivity contribution in [3.05, 3.63) is 51.0 Å². The fourth-order valence-corrected chi connectivity index (χ4v) is 2.26. The Bertz CT molecular complexity index is 689. The molecule has 2 rings (SSSR count). The van der Waals surface area contributed by atoms with Gasteiger partial charge in [0.25, 0.3) is 0 Å². The van der Waals surface area contributed by atoms with Crippen LogP contribution >= 0.6 is 34.8 Å². The SMILES string of the molecule is Nc1cc(Cl)c(Oc2ccc(Cl)cc2Cl)c(C(=O)O)c1. The van der Waals surface area contributed by atoms with E-state index in [1.807, 2.05) is 0 Å². The van der Waals surface area contributed by atoms with Gasteiger partial charge in [0.15, 0.2) is 5.75 Å². The molecule has 0 saturated heterocycles. The zero-order valence-electron chi connectivity index (χ0n) is 9.86. The van der Waals surface area contributed by atoms with Gasteiger partial charge in [0, 0.05) is 10.7 Å². The number of ether oxygens (including phenoxy) is 1. The molecule has 0 heterocycles. The normalized spacial score (nSPS) is 10.3. The van der Waals surface area contributed by atoms with Crippen LogP contribution in [-0.4, -0.2) is 11.1 Å². The second-order valence-electron chi connectivity index (χ2n) is 3.86. The van der Waals surface area contributed by atoms with Crippen molar-refractivity contribution < 1.29 is 14.6 Å². The number of rotatable bonds is 3. The van der Waals surface area contributed by atoms with E-state index in [-0.39, 0.29) is 32.8 Å². The lowest BCUT2D eigenvalue weighted by molar-refractivity contribution is 0.0694. The van der Waals surface area contributed by atoms with Crippen molar-refractivity contribution in [2.45, 2.75) is 0 Å². The summed E-state index contributed by atoms with van der Waals surface area (Å²) in [6.45, 7) is 0. The van der Waals surface area contributed by atoms with Crippen LogP contribution in [0.4, 0.5) is 5.69 Å². The first-order valence-corrected chi connectivity index (χ1v) is 6.47. The van der Waals surface area contributed by atoms with Gasteiger partial charge in [-0.2, -0.15) is 0 Å². The van der Waals surface area contributed by atoms with Crippen molar-refractivity contribution in [2.75, 3.05) is 5.73 Å². The van der Waals surface area contributed by atoms with Crippen molar-refractivity contribution >= 4 is 46.5 Å². The molecule has 0 spiro atoms. The van der Waals surface area contributed by atoms with Crippen LogP contribution in [0.1, 0.15) is 10.4 Å². The molecule has 0 fully saturated rings. The summed E-state index contributed by atoms with van der Waals surface area (Å²) >= 11 is 17.7. The Hall–Kier alpha value is -1.62. The Labute approximate surface area is 129 Å². The molecule has 0 bridgehead atoms. The van der Waals surface area contributed by atoms with Crippen molar-refractivity contribution in [3.8, 4) is 11.5 Å². The molecule has 2 aromatic carbocycles. The third kappa shape index (κ3) is 3.10. The van der Waals surface area contributed by atoms with Gasteiger partial charge in [0.05, 0.1) is 10.0 Å². The molecule has 0 unspecified atom stereocenters. The summed E-state index contributed by atoms with van der Waals surface area (Å²) < 4.78 is 5.48. The van der Waals surface area contributed by atoms with Crippen LogP contribution in [0.3, 0.4) is 0 Å². The Morgan fingerprint density at radius 1 is 1.10 bits per heavy atom. The minimum atomic E-state index is -1.21. The second-order valence-corrected chi connectivity index (χ2v) is 5.11. The van der Waals surface area contributed by atoms with E-state index in [9.17, 15) is 4.79 Å². The van der Waals surface area contributed by atoms with E-state index in [1.165, 1.54) is 24.3 Å². The zero-order chi connectivity index (χ0) is 14.9. The number of halogens is 3.